The van der Waals surface area contributed by atoms with Gasteiger partial charge in [0.1, 0.15) is 10.7 Å². The van der Waals surface area contributed by atoms with Gasteiger partial charge in [-0.2, -0.15) is 5.26 Å². The molecule has 1 saturated carbocycles. The number of likely N-dealkylation sites (tertiary alicyclic amines) is 1. The van der Waals surface area contributed by atoms with E-state index in [1.54, 1.807) is 17.5 Å². The van der Waals surface area contributed by atoms with Gasteiger partial charge in [0, 0.05) is 35.1 Å². The highest BCUT2D eigenvalue weighted by atomic mass is 35.5. The van der Waals surface area contributed by atoms with Crippen molar-refractivity contribution < 1.29 is 4.79 Å². The standard InChI is InChI=1S/C19H18Cl2N4OS/c20-12-1-2-14(15(21)7-12)17-24-16(10-27-17)18(26)25-5-3-19(4-6-25)8-13(9-19)23-11-22/h1-2,7,10,13,23H,3-6,8-9H2. The van der Waals surface area contributed by atoms with Crippen molar-refractivity contribution in [1.82, 2.24) is 15.2 Å². The lowest BCUT2D eigenvalue weighted by Gasteiger charge is -2.51. The van der Waals surface area contributed by atoms with E-state index in [-0.39, 0.29) is 5.91 Å². The normalized spacial score (nSPS) is 18.8. The molecule has 5 nitrogen and oxygen atoms in total. The lowest BCUT2D eigenvalue weighted by atomic mass is 9.60. The van der Waals surface area contributed by atoms with Gasteiger partial charge in [0.15, 0.2) is 6.19 Å². The fourth-order valence-electron chi connectivity index (χ4n) is 4.09. The van der Waals surface area contributed by atoms with E-state index >= 15 is 0 Å². The van der Waals surface area contributed by atoms with Crippen molar-refractivity contribution >= 4 is 40.4 Å². The molecule has 1 N–H and O–H groups in total. The first-order valence-electron chi connectivity index (χ1n) is 8.84. The molecule has 2 aliphatic rings. The van der Waals surface area contributed by atoms with Crippen LogP contribution in [0.2, 0.25) is 10.0 Å². The fourth-order valence-corrected chi connectivity index (χ4v) is 5.48. The zero-order valence-electron chi connectivity index (χ0n) is 14.5. The summed E-state index contributed by atoms with van der Waals surface area (Å²) in [6, 6.07) is 5.58. The van der Waals surface area contributed by atoms with Crippen LogP contribution >= 0.6 is 34.5 Å². The molecular weight excluding hydrogens is 403 g/mol. The van der Waals surface area contributed by atoms with E-state index in [9.17, 15) is 4.79 Å². The molecule has 1 aromatic carbocycles. The Morgan fingerprint density at radius 1 is 1.33 bits per heavy atom. The number of carbonyl (C=O) groups excluding carboxylic acids is 1. The third-order valence-electron chi connectivity index (χ3n) is 5.62. The highest BCUT2D eigenvalue weighted by molar-refractivity contribution is 7.13. The van der Waals surface area contributed by atoms with Crippen molar-refractivity contribution in [3.05, 3.63) is 39.3 Å². The Morgan fingerprint density at radius 3 is 2.74 bits per heavy atom. The Balaban J connectivity index is 1.40. The molecule has 1 aliphatic carbocycles. The number of hydrogen-bond donors (Lipinski definition) is 1. The van der Waals surface area contributed by atoms with Crippen molar-refractivity contribution in [2.24, 2.45) is 5.41 Å². The summed E-state index contributed by atoms with van der Waals surface area (Å²) < 4.78 is 0. The largest absolute Gasteiger partial charge is 0.337 e. The predicted octanol–water partition coefficient (Wildman–Crippen LogP) is 4.57. The number of amides is 1. The molecule has 0 bridgehead atoms. The van der Waals surface area contributed by atoms with Crippen molar-refractivity contribution in [1.29, 1.82) is 5.26 Å². The van der Waals surface area contributed by atoms with Crippen LogP contribution in [0.15, 0.2) is 23.6 Å². The number of nitrogens with one attached hydrogen (secondary N) is 1. The third kappa shape index (κ3) is 3.64. The number of nitriles is 1. The van der Waals surface area contributed by atoms with Gasteiger partial charge in [0.2, 0.25) is 0 Å². The van der Waals surface area contributed by atoms with Gasteiger partial charge in [-0.1, -0.05) is 23.2 Å². The van der Waals surface area contributed by atoms with Crippen LogP contribution in [-0.4, -0.2) is 34.9 Å². The molecule has 0 atom stereocenters. The Hall–Kier alpha value is -1.81. The summed E-state index contributed by atoms with van der Waals surface area (Å²) in [5, 5.41) is 15.2. The minimum absolute atomic E-state index is 0.0246. The second kappa shape index (κ2) is 7.31. The molecule has 2 fully saturated rings. The van der Waals surface area contributed by atoms with Crippen LogP contribution in [0.4, 0.5) is 0 Å². The van der Waals surface area contributed by atoms with Crippen LogP contribution in [0.25, 0.3) is 10.6 Å². The Labute approximate surface area is 171 Å². The van der Waals surface area contributed by atoms with Crippen molar-refractivity contribution in [3.63, 3.8) is 0 Å². The van der Waals surface area contributed by atoms with Gasteiger partial charge in [-0.25, -0.2) is 4.98 Å². The monoisotopic (exact) mass is 420 g/mol. The third-order valence-corrected chi connectivity index (χ3v) is 7.05. The molecule has 0 radical (unpaired) electrons. The van der Waals surface area contributed by atoms with E-state index in [4.69, 9.17) is 28.5 Å². The highest BCUT2D eigenvalue weighted by Gasteiger charge is 2.46. The summed E-state index contributed by atoms with van der Waals surface area (Å²) in [6.45, 7) is 1.49. The number of benzene rings is 1. The van der Waals surface area contributed by atoms with Crippen molar-refractivity contribution in [2.45, 2.75) is 31.7 Å². The van der Waals surface area contributed by atoms with E-state index < -0.39 is 0 Å². The summed E-state index contributed by atoms with van der Waals surface area (Å²) >= 11 is 13.6. The average molecular weight is 421 g/mol. The molecule has 140 valence electrons. The zero-order chi connectivity index (χ0) is 19.0. The first-order chi connectivity index (χ1) is 13.0. The van der Waals surface area contributed by atoms with Crippen molar-refractivity contribution in [3.8, 4) is 16.8 Å². The van der Waals surface area contributed by atoms with Crippen molar-refractivity contribution in [2.75, 3.05) is 13.1 Å². The minimum Gasteiger partial charge on any atom is -0.337 e. The molecule has 1 aromatic heterocycles. The molecule has 1 spiro atoms. The van der Waals surface area contributed by atoms with Gasteiger partial charge in [-0.05, 0) is 49.3 Å². The van der Waals surface area contributed by atoms with E-state index in [1.807, 2.05) is 17.2 Å². The fraction of sp³-hybridized carbons (Fsp3) is 0.421. The quantitative estimate of drug-likeness (QED) is 0.582. The smallest absolute Gasteiger partial charge is 0.273 e. The summed E-state index contributed by atoms with van der Waals surface area (Å²) in [5.41, 5.74) is 1.55. The van der Waals surface area contributed by atoms with Gasteiger partial charge < -0.3 is 10.2 Å². The maximum Gasteiger partial charge on any atom is 0.273 e. The SMILES string of the molecule is N#CNC1CC2(CCN(C(=O)c3csc(-c4ccc(Cl)cc4Cl)n3)CC2)C1. The van der Waals surface area contributed by atoms with Gasteiger partial charge in [-0.3, -0.25) is 4.79 Å². The molecule has 27 heavy (non-hydrogen) atoms. The molecule has 4 rings (SSSR count). The van der Waals surface area contributed by atoms with Crippen LogP contribution in [0, 0.1) is 16.9 Å². The maximum absolute atomic E-state index is 12.8. The second-order valence-electron chi connectivity index (χ2n) is 7.32. The van der Waals surface area contributed by atoms with Gasteiger partial charge >= 0.3 is 0 Å². The Kier molecular flexibility index (Phi) is 5.02. The molecule has 1 amide bonds. The lowest BCUT2D eigenvalue weighted by Crippen LogP contribution is -2.53. The molecule has 8 heteroatoms. The van der Waals surface area contributed by atoms with Gasteiger partial charge in [0.25, 0.3) is 5.91 Å². The molecular formula is C19H18Cl2N4OS. The van der Waals surface area contributed by atoms with Crippen LogP contribution in [-0.2, 0) is 0 Å². The average Bonchev–Trinajstić information content (AvgIpc) is 3.10. The molecule has 1 saturated heterocycles. The second-order valence-corrected chi connectivity index (χ2v) is 9.02. The number of piperidine rings is 1. The highest BCUT2D eigenvalue weighted by Crippen LogP contribution is 2.49. The first kappa shape index (κ1) is 18.5. The summed E-state index contributed by atoms with van der Waals surface area (Å²) in [6.07, 6.45) is 6.05. The summed E-state index contributed by atoms with van der Waals surface area (Å²) in [4.78, 5) is 19.2. The molecule has 2 heterocycles. The predicted molar refractivity (Wildman–Crippen MR) is 107 cm³/mol. The number of nitrogens with zero attached hydrogens (tertiary/aromatic N) is 3. The Morgan fingerprint density at radius 2 is 2.07 bits per heavy atom. The van der Waals surface area contributed by atoms with E-state index in [0.29, 0.717) is 27.2 Å². The first-order valence-corrected chi connectivity index (χ1v) is 10.5. The number of halogens is 2. The van der Waals surface area contributed by atoms with Crippen LogP contribution < -0.4 is 5.32 Å². The zero-order valence-corrected chi connectivity index (χ0v) is 16.9. The number of aromatic nitrogens is 1. The lowest BCUT2D eigenvalue weighted by molar-refractivity contribution is 0.0117. The van der Waals surface area contributed by atoms with Gasteiger partial charge in [-0.15, -0.1) is 11.3 Å². The van der Waals surface area contributed by atoms with Crippen LogP contribution in [0.5, 0.6) is 0 Å². The van der Waals surface area contributed by atoms with E-state index in [1.165, 1.54) is 11.3 Å². The maximum atomic E-state index is 12.8. The van der Waals surface area contributed by atoms with Crippen LogP contribution in [0.3, 0.4) is 0 Å². The molecule has 1 aliphatic heterocycles. The van der Waals surface area contributed by atoms with E-state index in [2.05, 4.69) is 10.3 Å². The Bertz CT molecular complexity index is 907. The van der Waals surface area contributed by atoms with Gasteiger partial charge in [0.05, 0.1) is 5.02 Å². The number of hydrogen-bond acceptors (Lipinski definition) is 5. The number of rotatable bonds is 3. The van der Waals surface area contributed by atoms with E-state index in [0.717, 1.165) is 49.3 Å². The summed E-state index contributed by atoms with van der Waals surface area (Å²) in [5.74, 6) is -0.0246. The van der Waals surface area contributed by atoms with Crippen LogP contribution in [0.1, 0.15) is 36.2 Å². The number of carbonyl (C=O) groups is 1. The molecule has 2 aromatic rings. The summed E-state index contributed by atoms with van der Waals surface area (Å²) in [7, 11) is 0. The molecule has 0 unspecified atom stereocenters. The number of thiazole rings is 1. The topological polar surface area (TPSA) is 69.0 Å². The minimum atomic E-state index is -0.0246.